The average molecular weight is 422 g/mol. The van der Waals surface area contributed by atoms with Crippen LogP contribution in [0.4, 0.5) is 5.69 Å². The summed E-state index contributed by atoms with van der Waals surface area (Å²) in [7, 11) is 1.80. The highest BCUT2D eigenvalue weighted by Gasteiger charge is 2.18. The Hall–Kier alpha value is -3.28. The van der Waals surface area contributed by atoms with Crippen LogP contribution in [-0.4, -0.2) is 21.9 Å². The number of anilines is 1. The Bertz CT molecular complexity index is 1090. The molecule has 0 unspecified atom stereocenters. The number of hydrogen-bond acceptors (Lipinski definition) is 3. The fraction of sp³-hybridized carbons (Fsp3) is 0.360. The van der Waals surface area contributed by atoms with Gasteiger partial charge in [-0.3, -0.25) is 14.3 Å². The summed E-state index contributed by atoms with van der Waals surface area (Å²) >= 11 is 0. The Balaban J connectivity index is 1.55. The first-order valence-corrected chi connectivity index (χ1v) is 10.6. The molecule has 164 valence electrons. The van der Waals surface area contributed by atoms with Crippen LogP contribution in [0.2, 0.25) is 0 Å². The lowest BCUT2D eigenvalue weighted by Gasteiger charge is -2.19. The number of ether oxygens (including phenoxy) is 1. The van der Waals surface area contributed by atoms with Gasteiger partial charge < -0.3 is 10.1 Å². The lowest BCUT2D eigenvalue weighted by atomic mass is 9.87. The van der Waals surface area contributed by atoms with Crippen molar-refractivity contribution in [2.75, 3.05) is 11.9 Å². The van der Waals surface area contributed by atoms with Crippen molar-refractivity contribution in [3.63, 3.8) is 0 Å². The molecular weight excluding hydrogens is 390 g/mol. The molecule has 0 saturated carbocycles. The summed E-state index contributed by atoms with van der Waals surface area (Å²) in [4.78, 5) is 25.3. The van der Waals surface area contributed by atoms with Crippen LogP contribution < -0.4 is 15.6 Å². The number of amides is 1. The maximum atomic E-state index is 12.9. The average Bonchev–Trinajstić information content (AvgIpc) is 2.95. The van der Waals surface area contributed by atoms with Gasteiger partial charge in [-0.25, -0.2) is 4.68 Å². The third-order valence-corrected chi connectivity index (χ3v) is 5.36. The van der Waals surface area contributed by atoms with Crippen molar-refractivity contribution in [1.29, 1.82) is 0 Å². The summed E-state index contributed by atoms with van der Waals surface area (Å²) < 4.78 is 9.05. The fourth-order valence-electron chi connectivity index (χ4n) is 3.39. The highest BCUT2D eigenvalue weighted by molar-refractivity contribution is 5.91. The Labute approximate surface area is 183 Å². The van der Waals surface area contributed by atoms with Crippen LogP contribution in [0.5, 0.6) is 5.75 Å². The number of carbonyl (C=O) groups excluding carboxylic acids is 1. The van der Waals surface area contributed by atoms with E-state index in [1.807, 2.05) is 49.4 Å². The molecule has 3 rings (SSSR count). The molecular formula is C25H31N3O3. The van der Waals surface area contributed by atoms with Crippen molar-refractivity contribution >= 4 is 11.6 Å². The first-order valence-electron chi connectivity index (χ1n) is 10.6. The van der Waals surface area contributed by atoms with E-state index in [2.05, 4.69) is 38.2 Å². The minimum atomic E-state index is -0.241. The van der Waals surface area contributed by atoms with Gasteiger partial charge in [-0.15, -0.1) is 0 Å². The van der Waals surface area contributed by atoms with Crippen LogP contribution in [0, 0.1) is 6.92 Å². The highest BCUT2D eigenvalue weighted by Crippen LogP contribution is 2.24. The molecule has 3 aromatic rings. The molecule has 2 aromatic carbocycles. The minimum absolute atomic E-state index is 0.102. The Morgan fingerprint density at radius 2 is 1.68 bits per heavy atom. The van der Waals surface area contributed by atoms with Crippen LogP contribution in [0.15, 0.2) is 59.4 Å². The molecule has 0 atom stereocenters. The van der Waals surface area contributed by atoms with Gasteiger partial charge in [0.1, 0.15) is 11.4 Å². The Morgan fingerprint density at radius 3 is 2.29 bits per heavy atom. The predicted octanol–water partition coefficient (Wildman–Crippen LogP) is 4.58. The van der Waals surface area contributed by atoms with Gasteiger partial charge in [0.15, 0.2) is 0 Å². The van der Waals surface area contributed by atoms with E-state index < -0.39 is 0 Å². The second-order valence-electron chi connectivity index (χ2n) is 8.71. The summed E-state index contributed by atoms with van der Waals surface area (Å²) in [5.74, 6) is 0.593. The maximum Gasteiger partial charge on any atom is 0.295 e. The zero-order valence-corrected chi connectivity index (χ0v) is 18.9. The van der Waals surface area contributed by atoms with Crippen LogP contribution in [-0.2, 0) is 17.3 Å². The summed E-state index contributed by atoms with van der Waals surface area (Å²) in [6, 6.07) is 17.4. The Morgan fingerprint density at radius 1 is 1.03 bits per heavy atom. The highest BCUT2D eigenvalue weighted by atomic mass is 16.5. The molecule has 1 aromatic heterocycles. The largest absolute Gasteiger partial charge is 0.494 e. The number of nitrogens with one attached hydrogen (secondary N) is 1. The predicted molar refractivity (Wildman–Crippen MR) is 124 cm³/mol. The number of carbonyl (C=O) groups is 1. The van der Waals surface area contributed by atoms with Gasteiger partial charge in [-0.2, -0.15) is 0 Å². The van der Waals surface area contributed by atoms with Crippen LogP contribution in [0.1, 0.15) is 44.9 Å². The summed E-state index contributed by atoms with van der Waals surface area (Å²) in [5, 5.41) is 2.78. The molecule has 0 aliphatic carbocycles. The van der Waals surface area contributed by atoms with Crippen molar-refractivity contribution < 1.29 is 9.53 Å². The summed E-state index contributed by atoms with van der Waals surface area (Å²) in [6.45, 7) is 8.77. The zero-order valence-electron chi connectivity index (χ0n) is 18.9. The molecule has 1 amide bonds. The molecule has 0 aliphatic rings. The Kier molecular flexibility index (Phi) is 6.68. The minimum Gasteiger partial charge on any atom is -0.494 e. The number of hydrogen-bond donors (Lipinski definition) is 1. The molecule has 0 fully saturated rings. The number of benzene rings is 2. The molecule has 0 aliphatic heterocycles. The smallest absolute Gasteiger partial charge is 0.295 e. The fourth-order valence-corrected chi connectivity index (χ4v) is 3.39. The van der Waals surface area contributed by atoms with Crippen molar-refractivity contribution in [1.82, 2.24) is 9.36 Å². The van der Waals surface area contributed by atoms with Crippen LogP contribution in [0.3, 0.4) is 0 Å². The van der Waals surface area contributed by atoms with E-state index in [0.29, 0.717) is 24.4 Å². The standard InChI is InChI=1S/C25H31N3O3/c1-18-23(24(30)28(27(18)5)20-10-7-6-8-11-20)26-22(29)12-9-17-31-21-15-13-19(14-16-21)25(2,3)4/h6-8,10-11,13-16H,9,12,17H2,1-5H3,(H,26,29). The number of aromatic nitrogens is 2. The van der Waals surface area contributed by atoms with Crippen molar-refractivity contribution in [3.8, 4) is 11.4 Å². The second-order valence-corrected chi connectivity index (χ2v) is 8.71. The molecule has 6 nitrogen and oxygen atoms in total. The lowest BCUT2D eigenvalue weighted by molar-refractivity contribution is -0.116. The normalized spacial score (nSPS) is 11.4. The van der Waals surface area contributed by atoms with Gasteiger partial charge in [0.2, 0.25) is 5.91 Å². The number of para-hydroxylation sites is 1. The van der Waals surface area contributed by atoms with E-state index in [4.69, 9.17) is 4.74 Å². The van der Waals surface area contributed by atoms with Crippen LogP contribution >= 0.6 is 0 Å². The first-order chi connectivity index (χ1) is 14.7. The van der Waals surface area contributed by atoms with Gasteiger partial charge in [0, 0.05) is 13.5 Å². The summed E-state index contributed by atoms with van der Waals surface area (Å²) in [6.07, 6.45) is 0.838. The molecule has 0 saturated heterocycles. The van der Waals surface area contributed by atoms with Crippen molar-refractivity contribution in [2.45, 2.75) is 46.0 Å². The van der Waals surface area contributed by atoms with Crippen molar-refractivity contribution in [2.24, 2.45) is 7.05 Å². The van der Waals surface area contributed by atoms with Crippen LogP contribution in [0.25, 0.3) is 5.69 Å². The van der Waals surface area contributed by atoms with Gasteiger partial charge in [0.05, 0.1) is 18.0 Å². The number of nitrogens with zero attached hydrogens (tertiary/aromatic N) is 2. The number of rotatable bonds is 7. The third-order valence-electron chi connectivity index (χ3n) is 5.36. The van der Waals surface area contributed by atoms with E-state index in [-0.39, 0.29) is 23.3 Å². The molecule has 6 heteroatoms. The van der Waals surface area contributed by atoms with Gasteiger partial charge in [-0.05, 0) is 48.6 Å². The van der Waals surface area contributed by atoms with E-state index in [0.717, 1.165) is 11.4 Å². The van der Waals surface area contributed by atoms with E-state index in [1.165, 1.54) is 5.56 Å². The zero-order chi connectivity index (χ0) is 22.6. The molecule has 0 radical (unpaired) electrons. The lowest BCUT2D eigenvalue weighted by Crippen LogP contribution is -2.23. The first kappa shape index (κ1) is 22.4. The SMILES string of the molecule is Cc1c(NC(=O)CCCOc2ccc(C(C)(C)C)cc2)c(=O)n(-c2ccccc2)n1C. The third kappa shape index (κ3) is 5.26. The monoisotopic (exact) mass is 421 g/mol. The topological polar surface area (TPSA) is 65.3 Å². The molecule has 1 N–H and O–H groups in total. The quantitative estimate of drug-likeness (QED) is 0.568. The molecule has 0 spiro atoms. The van der Waals surface area contributed by atoms with Gasteiger partial charge in [-0.1, -0.05) is 51.1 Å². The van der Waals surface area contributed by atoms with Gasteiger partial charge in [0.25, 0.3) is 5.56 Å². The maximum absolute atomic E-state index is 12.9. The second kappa shape index (κ2) is 9.25. The van der Waals surface area contributed by atoms with E-state index >= 15 is 0 Å². The van der Waals surface area contributed by atoms with E-state index in [9.17, 15) is 9.59 Å². The molecule has 0 bridgehead atoms. The van der Waals surface area contributed by atoms with Crippen molar-refractivity contribution in [3.05, 3.63) is 76.2 Å². The summed E-state index contributed by atoms with van der Waals surface area (Å²) in [5.41, 5.74) is 2.89. The molecule has 1 heterocycles. The van der Waals surface area contributed by atoms with Gasteiger partial charge >= 0.3 is 0 Å². The molecule has 31 heavy (non-hydrogen) atoms. The van der Waals surface area contributed by atoms with E-state index in [1.54, 1.807) is 16.4 Å².